The van der Waals surface area contributed by atoms with E-state index in [0.717, 1.165) is 23.1 Å². The van der Waals surface area contributed by atoms with Crippen molar-refractivity contribution in [3.8, 4) is 5.75 Å². The average molecular weight is 454 g/mol. The SMILES string of the molecule is CCC(Cc1ccc(OS(=O)(=O)c2ccc(C)cc2)cc1)NC(=O)OCc1ccccc1. The topological polar surface area (TPSA) is 81.7 Å². The largest absolute Gasteiger partial charge is 0.445 e. The summed E-state index contributed by atoms with van der Waals surface area (Å²) in [5, 5.41) is 2.88. The molecule has 0 spiro atoms. The lowest BCUT2D eigenvalue weighted by molar-refractivity contribution is 0.135. The third-order valence-corrected chi connectivity index (χ3v) is 6.21. The molecule has 3 rings (SSSR count). The minimum absolute atomic E-state index is 0.108. The van der Waals surface area contributed by atoms with Gasteiger partial charge in [0.15, 0.2) is 0 Å². The van der Waals surface area contributed by atoms with Crippen LogP contribution >= 0.6 is 0 Å². The highest BCUT2D eigenvalue weighted by molar-refractivity contribution is 7.87. The molecule has 1 atom stereocenters. The third kappa shape index (κ3) is 6.85. The molecule has 6 nitrogen and oxygen atoms in total. The van der Waals surface area contributed by atoms with E-state index in [4.69, 9.17) is 8.92 Å². The summed E-state index contributed by atoms with van der Waals surface area (Å²) in [6.07, 6.45) is 0.840. The van der Waals surface area contributed by atoms with Crippen molar-refractivity contribution in [2.75, 3.05) is 0 Å². The van der Waals surface area contributed by atoms with Gasteiger partial charge in [-0.2, -0.15) is 8.42 Å². The fourth-order valence-electron chi connectivity index (χ4n) is 3.07. The van der Waals surface area contributed by atoms with Crippen LogP contribution in [0.25, 0.3) is 0 Å². The van der Waals surface area contributed by atoms with Crippen molar-refractivity contribution in [3.63, 3.8) is 0 Å². The summed E-state index contributed by atoms with van der Waals surface area (Å²) in [5.41, 5.74) is 2.84. The van der Waals surface area contributed by atoms with Gasteiger partial charge < -0.3 is 14.2 Å². The lowest BCUT2D eigenvalue weighted by Crippen LogP contribution is -2.36. The van der Waals surface area contributed by atoms with E-state index in [-0.39, 0.29) is 23.3 Å². The summed E-state index contributed by atoms with van der Waals surface area (Å²) in [6.45, 7) is 4.08. The van der Waals surface area contributed by atoms with Gasteiger partial charge in [0.25, 0.3) is 0 Å². The van der Waals surface area contributed by atoms with Gasteiger partial charge in [0.05, 0.1) is 0 Å². The summed E-state index contributed by atoms with van der Waals surface area (Å²) in [6, 6.07) is 22.7. The van der Waals surface area contributed by atoms with Gasteiger partial charge >= 0.3 is 16.2 Å². The molecular weight excluding hydrogens is 426 g/mol. The Labute approximate surface area is 189 Å². The van der Waals surface area contributed by atoms with Crippen LogP contribution in [-0.4, -0.2) is 20.6 Å². The van der Waals surface area contributed by atoms with E-state index in [1.165, 1.54) is 12.1 Å². The van der Waals surface area contributed by atoms with Crippen LogP contribution in [0, 0.1) is 6.92 Å². The summed E-state index contributed by atoms with van der Waals surface area (Å²) in [7, 11) is -3.89. The molecule has 0 aliphatic rings. The van der Waals surface area contributed by atoms with Crippen LogP contribution in [0.2, 0.25) is 0 Å². The second kappa shape index (κ2) is 10.8. The van der Waals surface area contributed by atoms with Crippen molar-refractivity contribution in [2.24, 2.45) is 0 Å². The zero-order chi connectivity index (χ0) is 23.0. The molecule has 0 saturated carbocycles. The van der Waals surface area contributed by atoms with Crippen molar-refractivity contribution >= 4 is 16.2 Å². The number of ether oxygens (including phenoxy) is 1. The van der Waals surface area contributed by atoms with Crippen LogP contribution in [0.4, 0.5) is 4.79 Å². The summed E-state index contributed by atoms with van der Waals surface area (Å²) in [5.74, 6) is 0.234. The molecule has 0 fully saturated rings. The van der Waals surface area contributed by atoms with Gasteiger partial charge in [-0.05, 0) is 55.2 Å². The van der Waals surface area contributed by atoms with Gasteiger partial charge in [0.2, 0.25) is 0 Å². The van der Waals surface area contributed by atoms with E-state index in [9.17, 15) is 13.2 Å². The first-order valence-corrected chi connectivity index (χ1v) is 11.8. The van der Waals surface area contributed by atoms with Crippen LogP contribution < -0.4 is 9.50 Å². The van der Waals surface area contributed by atoms with Crippen LogP contribution in [-0.2, 0) is 27.9 Å². The number of hydrogen-bond donors (Lipinski definition) is 1. The summed E-state index contributed by atoms with van der Waals surface area (Å²) in [4.78, 5) is 12.2. The molecule has 0 heterocycles. The molecule has 0 aromatic heterocycles. The van der Waals surface area contributed by atoms with Gasteiger partial charge in [0.1, 0.15) is 17.3 Å². The molecule has 1 amide bonds. The number of hydrogen-bond acceptors (Lipinski definition) is 5. The second-order valence-corrected chi connectivity index (χ2v) is 9.06. The highest BCUT2D eigenvalue weighted by Gasteiger charge is 2.17. The Hall–Kier alpha value is -3.32. The van der Waals surface area contributed by atoms with Gasteiger partial charge in [-0.1, -0.05) is 67.1 Å². The van der Waals surface area contributed by atoms with Crippen molar-refractivity contribution in [2.45, 2.75) is 44.2 Å². The molecule has 0 saturated heterocycles. The minimum Gasteiger partial charge on any atom is -0.445 e. The maximum absolute atomic E-state index is 12.4. The molecular formula is C25H27NO5S. The normalized spacial score (nSPS) is 12.1. The van der Waals surface area contributed by atoms with Crippen molar-refractivity contribution in [1.82, 2.24) is 5.32 Å². The molecule has 7 heteroatoms. The first kappa shape index (κ1) is 23.3. The number of carbonyl (C=O) groups excluding carboxylic acids is 1. The maximum atomic E-state index is 12.4. The molecule has 0 radical (unpaired) electrons. The van der Waals surface area contributed by atoms with Crippen molar-refractivity contribution < 1.29 is 22.1 Å². The number of alkyl carbamates (subject to hydrolysis) is 1. The average Bonchev–Trinajstić information content (AvgIpc) is 2.79. The van der Waals surface area contributed by atoms with E-state index in [0.29, 0.717) is 6.42 Å². The number of carbonyl (C=O) groups is 1. The number of nitrogens with one attached hydrogen (secondary N) is 1. The molecule has 1 N–H and O–H groups in total. The number of benzene rings is 3. The molecule has 3 aromatic carbocycles. The zero-order valence-electron chi connectivity index (χ0n) is 18.2. The van der Waals surface area contributed by atoms with E-state index in [1.807, 2.05) is 44.2 Å². The fraction of sp³-hybridized carbons (Fsp3) is 0.240. The Balaban J connectivity index is 1.54. The molecule has 3 aromatic rings. The lowest BCUT2D eigenvalue weighted by Gasteiger charge is -2.17. The van der Waals surface area contributed by atoms with Crippen LogP contribution in [0.3, 0.4) is 0 Å². The Morgan fingerprint density at radius 1 is 0.906 bits per heavy atom. The van der Waals surface area contributed by atoms with Crippen molar-refractivity contribution in [3.05, 3.63) is 95.6 Å². The first-order valence-electron chi connectivity index (χ1n) is 10.4. The highest BCUT2D eigenvalue weighted by Crippen LogP contribution is 2.20. The maximum Gasteiger partial charge on any atom is 0.407 e. The molecule has 0 aliphatic carbocycles. The molecule has 168 valence electrons. The van der Waals surface area contributed by atoms with Gasteiger partial charge in [0, 0.05) is 6.04 Å². The fourth-order valence-corrected chi connectivity index (χ4v) is 4.00. The number of aryl methyl sites for hydroxylation is 1. The minimum atomic E-state index is -3.89. The van der Waals surface area contributed by atoms with E-state index >= 15 is 0 Å². The summed E-state index contributed by atoms with van der Waals surface area (Å²) >= 11 is 0. The number of rotatable bonds is 9. The van der Waals surface area contributed by atoms with Crippen LogP contribution in [0.15, 0.2) is 83.8 Å². The summed E-state index contributed by atoms with van der Waals surface area (Å²) < 4.78 is 35.4. The molecule has 32 heavy (non-hydrogen) atoms. The Bertz CT molecular complexity index is 1110. The first-order chi connectivity index (χ1) is 15.4. The van der Waals surface area contributed by atoms with Crippen LogP contribution in [0.5, 0.6) is 5.75 Å². The molecule has 1 unspecified atom stereocenters. The second-order valence-electron chi connectivity index (χ2n) is 7.51. The van der Waals surface area contributed by atoms with Crippen LogP contribution in [0.1, 0.15) is 30.0 Å². The van der Waals surface area contributed by atoms with E-state index in [1.54, 1.807) is 36.4 Å². The predicted molar refractivity (Wildman–Crippen MR) is 123 cm³/mol. The smallest absolute Gasteiger partial charge is 0.407 e. The monoisotopic (exact) mass is 453 g/mol. The molecule has 0 bridgehead atoms. The standard InChI is InChI=1S/C25H27NO5S/c1-3-22(26-25(27)30-18-21-7-5-4-6-8-21)17-20-11-13-23(14-12-20)31-32(28,29)24-15-9-19(2)10-16-24/h4-16,22H,3,17-18H2,1-2H3,(H,26,27). The number of amides is 1. The third-order valence-electron chi connectivity index (χ3n) is 4.95. The molecule has 0 aliphatic heterocycles. The van der Waals surface area contributed by atoms with Gasteiger partial charge in [-0.25, -0.2) is 4.79 Å². The quantitative estimate of drug-likeness (QED) is 0.461. The Morgan fingerprint density at radius 2 is 1.56 bits per heavy atom. The predicted octanol–water partition coefficient (Wildman–Crippen LogP) is 5.01. The zero-order valence-corrected chi connectivity index (χ0v) is 19.0. The van der Waals surface area contributed by atoms with Crippen molar-refractivity contribution in [1.29, 1.82) is 0 Å². The van der Waals surface area contributed by atoms with E-state index in [2.05, 4.69) is 5.32 Å². The highest BCUT2D eigenvalue weighted by atomic mass is 32.2. The van der Waals surface area contributed by atoms with E-state index < -0.39 is 16.2 Å². The lowest BCUT2D eigenvalue weighted by atomic mass is 10.0. The van der Waals surface area contributed by atoms with Gasteiger partial charge in [-0.3, -0.25) is 0 Å². The van der Waals surface area contributed by atoms with Gasteiger partial charge in [-0.15, -0.1) is 0 Å². The Morgan fingerprint density at radius 3 is 2.19 bits per heavy atom. The Kier molecular flexibility index (Phi) is 7.89.